The quantitative estimate of drug-likeness (QED) is 0.903. The number of likely N-dealkylation sites (tertiary alicyclic amines) is 1. The molecule has 1 aliphatic rings. The molecule has 1 aromatic rings. The number of hydrogen-bond donors (Lipinski definition) is 1. The summed E-state index contributed by atoms with van der Waals surface area (Å²) in [5.41, 5.74) is -0.0844. The van der Waals surface area contributed by atoms with E-state index in [0.717, 1.165) is 31.0 Å². The molecule has 7 heteroatoms. The van der Waals surface area contributed by atoms with Crippen LogP contribution in [0.25, 0.3) is 0 Å². The average Bonchev–Trinajstić information content (AvgIpc) is 2.37. The van der Waals surface area contributed by atoms with Crippen molar-refractivity contribution in [3.05, 3.63) is 29.6 Å². The fourth-order valence-corrected chi connectivity index (χ4v) is 2.87. The zero-order valence-corrected chi connectivity index (χ0v) is 12.9. The molecule has 116 valence electrons. The van der Waals surface area contributed by atoms with Gasteiger partial charge in [0, 0.05) is 13.1 Å². The van der Waals surface area contributed by atoms with Gasteiger partial charge >= 0.3 is 0 Å². The minimum atomic E-state index is -3.96. The van der Waals surface area contributed by atoms with Gasteiger partial charge < -0.3 is 4.90 Å². The van der Waals surface area contributed by atoms with Crippen LogP contribution in [0.5, 0.6) is 0 Å². The highest BCUT2D eigenvalue weighted by Crippen LogP contribution is 2.30. The Morgan fingerprint density at radius 2 is 1.86 bits per heavy atom. The molecular weight excluding hydrogens is 295 g/mol. The fourth-order valence-electron chi connectivity index (χ4n) is 2.33. The summed E-state index contributed by atoms with van der Waals surface area (Å²) < 4.78 is 36.5. The summed E-state index contributed by atoms with van der Waals surface area (Å²) in [5.74, 6) is -1.23. The zero-order chi connectivity index (χ0) is 15.8. The number of nitrogens with two attached hydrogens (primary N) is 1. The Morgan fingerprint density at radius 3 is 2.38 bits per heavy atom. The van der Waals surface area contributed by atoms with Crippen molar-refractivity contribution in [2.24, 2.45) is 10.6 Å². The molecule has 1 heterocycles. The lowest BCUT2D eigenvalue weighted by atomic mass is 9.82. The molecule has 0 unspecified atom stereocenters. The highest BCUT2D eigenvalue weighted by molar-refractivity contribution is 7.89. The minimum absolute atomic E-state index is 0.164. The molecule has 5 nitrogen and oxygen atoms in total. The predicted octanol–water partition coefficient (Wildman–Crippen LogP) is 1.74. The van der Waals surface area contributed by atoms with E-state index < -0.39 is 21.7 Å². The Balaban J connectivity index is 2.28. The van der Waals surface area contributed by atoms with Gasteiger partial charge in [0.2, 0.25) is 10.0 Å². The first-order valence-corrected chi connectivity index (χ1v) is 8.26. The number of benzene rings is 1. The minimum Gasteiger partial charge on any atom is -0.339 e. The topological polar surface area (TPSA) is 80.5 Å². The first-order chi connectivity index (χ1) is 9.60. The van der Waals surface area contributed by atoms with E-state index in [1.807, 2.05) is 0 Å². The van der Waals surface area contributed by atoms with Crippen LogP contribution in [0.15, 0.2) is 23.1 Å². The van der Waals surface area contributed by atoms with E-state index in [4.69, 9.17) is 5.14 Å². The number of piperidine rings is 1. The van der Waals surface area contributed by atoms with Crippen molar-refractivity contribution in [1.82, 2.24) is 4.90 Å². The van der Waals surface area contributed by atoms with Gasteiger partial charge in [-0.25, -0.2) is 17.9 Å². The lowest BCUT2D eigenvalue weighted by Crippen LogP contribution is -2.41. The molecule has 1 aromatic carbocycles. The fraction of sp³-hybridized carbons (Fsp3) is 0.500. The predicted molar refractivity (Wildman–Crippen MR) is 76.7 cm³/mol. The number of amides is 1. The molecule has 0 radical (unpaired) electrons. The second kappa shape index (κ2) is 5.38. The summed E-state index contributed by atoms with van der Waals surface area (Å²) in [6.45, 7) is 5.31. The van der Waals surface area contributed by atoms with Gasteiger partial charge in [-0.2, -0.15) is 0 Å². The number of nitrogens with zero attached hydrogens (tertiary/aromatic N) is 1. The van der Waals surface area contributed by atoms with E-state index in [2.05, 4.69) is 13.8 Å². The van der Waals surface area contributed by atoms with Gasteiger partial charge in [-0.05, 0) is 36.5 Å². The van der Waals surface area contributed by atoms with Crippen LogP contribution in [0.2, 0.25) is 0 Å². The molecule has 0 spiro atoms. The van der Waals surface area contributed by atoms with Crippen molar-refractivity contribution in [3.63, 3.8) is 0 Å². The number of primary sulfonamides is 1. The van der Waals surface area contributed by atoms with Crippen LogP contribution >= 0.6 is 0 Å². The zero-order valence-electron chi connectivity index (χ0n) is 12.1. The first-order valence-electron chi connectivity index (χ1n) is 6.72. The van der Waals surface area contributed by atoms with E-state index in [0.29, 0.717) is 13.1 Å². The third kappa shape index (κ3) is 3.59. The van der Waals surface area contributed by atoms with Crippen molar-refractivity contribution >= 4 is 15.9 Å². The molecule has 1 saturated heterocycles. The lowest BCUT2D eigenvalue weighted by molar-refractivity contribution is 0.0625. The van der Waals surface area contributed by atoms with E-state index >= 15 is 0 Å². The van der Waals surface area contributed by atoms with Crippen LogP contribution in [0.3, 0.4) is 0 Å². The Bertz CT molecular complexity index is 661. The van der Waals surface area contributed by atoms with E-state index in [1.165, 1.54) is 0 Å². The smallest absolute Gasteiger partial charge is 0.256 e. The summed E-state index contributed by atoms with van der Waals surface area (Å²) in [5, 5.41) is 5.01. The van der Waals surface area contributed by atoms with Crippen LogP contribution in [-0.4, -0.2) is 32.3 Å². The normalized spacial score (nSPS) is 18.6. The summed E-state index contributed by atoms with van der Waals surface area (Å²) >= 11 is 0. The molecule has 0 aliphatic carbocycles. The molecule has 1 aliphatic heterocycles. The number of sulfonamides is 1. The summed E-state index contributed by atoms with van der Waals surface area (Å²) in [7, 11) is -3.96. The number of hydrogen-bond acceptors (Lipinski definition) is 3. The first kappa shape index (κ1) is 15.9. The van der Waals surface area contributed by atoms with Crippen molar-refractivity contribution in [2.45, 2.75) is 31.6 Å². The third-order valence-electron chi connectivity index (χ3n) is 3.90. The van der Waals surface area contributed by atoms with E-state index in [9.17, 15) is 17.6 Å². The van der Waals surface area contributed by atoms with Crippen LogP contribution < -0.4 is 5.14 Å². The maximum Gasteiger partial charge on any atom is 0.256 e. The Labute approximate surface area is 124 Å². The molecule has 0 atom stereocenters. The highest BCUT2D eigenvalue weighted by Gasteiger charge is 2.29. The monoisotopic (exact) mass is 314 g/mol. The summed E-state index contributed by atoms with van der Waals surface area (Å²) in [4.78, 5) is 13.7. The second-order valence-electron chi connectivity index (χ2n) is 6.14. The maximum atomic E-state index is 13.8. The lowest BCUT2D eigenvalue weighted by Gasteiger charge is -2.37. The largest absolute Gasteiger partial charge is 0.339 e. The Hall–Kier alpha value is -1.47. The molecule has 2 N–H and O–H groups in total. The maximum absolute atomic E-state index is 13.8. The highest BCUT2D eigenvalue weighted by atomic mass is 32.2. The molecule has 2 rings (SSSR count). The van der Waals surface area contributed by atoms with Crippen molar-refractivity contribution in [1.29, 1.82) is 0 Å². The van der Waals surface area contributed by atoms with Gasteiger partial charge in [-0.3, -0.25) is 4.79 Å². The number of carbonyl (C=O) groups is 1. The third-order valence-corrected chi connectivity index (χ3v) is 4.81. The molecule has 0 saturated carbocycles. The van der Waals surface area contributed by atoms with Gasteiger partial charge in [0.1, 0.15) is 5.82 Å². The standard InChI is InChI=1S/C14H19FN2O3S/c1-14(2)5-7-17(8-6-14)13(18)11-9-10(21(16,19)20)3-4-12(11)15/h3-4,9H,5-8H2,1-2H3,(H2,16,19,20). The van der Waals surface area contributed by atoms with E-state index in [-0.39, 0.29) is 15.9 Å². The van der Waals surface area contributed by atoms with Gasteiger partial charge in [-0.1, -0.05) is 13.8 Å². The van der Waals surface area contributed by atoms with Crippen LogP contribution in [0.1, 0.15) is 37.0 Å². The molecular formula is C14H19FN2O3S. The van der Waals surface area contributed by atoms with E-state index in [1.54, 1.807) is 4.90 Å². The molecule has 1 amide bonds. The van der Waals surface area contributed by atoms with Crippen molar-refractivity contribution in [2.75, 3.05) is 13.1 Å². The molecule has 0 aromatic heterocycles. The Kier molecular flexibility index (Phi) is 4.08. The number of rotatable bonds is 2. The second-order valence-corrected chi connectivity index (χ2v) is 7.70. The molecule has 21 heavy (non-hydrogen) atoms. The average molecular weight is 314 g/mol. The van der Waals surface area contributed by atoms with Crippen LogP contribution in [0.4, 0.5) is 4.39 Å². The van der Waals surface area contributed by atoms with Crippen molar-refractivity contribution in [3.8, 4) is 0 Å². The van der Waals surface area contributed by atoms with Gasteiger partial charge in [0.25, 0.3) is 5.91 Å². The van der Waals surface area contributed by atoms with Crippen LogP contribution in [0, 0.1) is 11.2 Å². The Morgan fingerprint density at radius 1 is 1.29 bits per heavy atom. The van der Waals surface area contributed by atoms with Gasteiger partial charge in [0.05, 0.1) is 10.5 Å². The summed E-state index contributed by atoms with van der Waals surface area (Å²) in [6.07, 6.45) is 1.66. The number of halogens is 1. The molecule has 1 fully saturated rings. The van der Waals surface area contributed by atoms with Crippen molar-refractivity contribution < 1.29 is 17.6 Å². The van der Waals surface area contributed by atoms with Crippen LogP contribution in [-0.2, 0) is 10.0 Å². The number of carbonyl (C=O) groups excluding carboxylic acids is 1. The molecule has 0 bridgehead atoms. The van der Waals surface area contributed by atoms with Gasteiger partial charge in [0.15, 0.2) is 0 Å². The SMILES string of the molecule is CC1(C)CCN(C(=O)c2cc(S(N)(=O)=O)ccc2F)CC1. The summed E-state index contributed by atoms with van der Waals surface area (Å²) in [6, 6.07) is 3.02. The van der Waals surface area contributed by atoms with Gasteiger partial charge in [-0.15, -0.1) is 0 Å².